The fourth-order valence-corrected chi connectivity index (χ4v) is 9.45. The molecular weight excluding hydrogens is 606 g/mol. The van der Waals surface area contributed by atoms with Gasteiger partial charge in [-0.25, -0.2) is 13.6 Å². The van der Waals surface area contributed by atoms with Crippen LogP contribution in [0.2, 0.25) is 5.02 Å². The van der Waals surface area contributed by atoms with Crippen molar-refractivity contribution in [2.45, 2.75) is 56.7 Å². The van der Waals surface area contributed by atoms with Gasteiger partial charge in [-0.1, -0.05) is 24.6 Å². The smallest absolute Gasteiger partial charge is 0.338 e. The summed E-state index contributed by atoms with van der Waals surface area (Å²) in [5, 5.41) is 13.9. The van der Waals surface area contributed by atoms with Gasteiger partial charge in [0.05, 0.1) is 23.9 Å². The van der Waals surface area contributed by atoms with Gasteiger partial charge in [-0.15, -0.1) is 0 Å². The number of carbonyl (C=O) groups is 3. The van der Waals surface area contributed by atoms with Crippen LogP contribution in [-0.2, 0) is 19.2 Å². The van der Waals surface area contributed by atoms with Crippen molar-refractivity contribution >= 4 is 34.8 Å². The van der Waals surface area contributed by atoms with Crippen LogP contribution in [0.3, 0.4) is 0 Å². The van der Waals surface area contributed by atoms with Crippen molar-refractivity contribution in [3.63, 3.8) is 0 Å². The molecule has 236 valence electrons. The number of hydrogen-bond acceptors (Lipinski definition) is 8. The average Bonchev–Trinajstić information content (AvgIpc) is 3.52. The lowest BCUT2D eigenvalue weighted by Gasteiger charge is -2.63. The quantitative estimate of drug-likeness (QED) is 0.446. The number of rotatable bonds is 5. The molecule has 0 unspecified atom stereocenters. The maximum Gasteiger partial charge on any atom is 0.338 e. The standard InChI is InChI=1S/C34H33ClF2N2O6/c1-31-10-7-23(40)14-26(31)27(36)15-25-24-13-20-17-39(22-5-3-21(35)4-6-22)45-34(20,32(24,2)16-28(41)33(25,31)37)29(42)18-44-30(43)19-8-11-38-12-9-19/h3-12,14,20,24-25,27-28,41H,13,15-18H2,1-2H3/t20-,24-,25-,27-,28-,31-,32-,33-,34-/m0/s1. The summed E-state index contributed by atoms with van der Waals surface area (Å²) in [7, 11) is 0. The SMILES string of the molecule is C[C@]12C=CC(=O)C=C1[C@@H](F)C[C@H]1[C@@H]3C[C@H]4CN(c5ccc(Cl)cc5)O[C@@]4(C(=O)COC(=O)c4ccncc4)[C@@]3(C)C[C@H](O)[C@@]12F. The highest BCUT2D eigenvalue weighted by Gasteiger charge is 2.79. The number of allylic oxidation sites excluding steroid dienone is 4. The van der Waals surface area contributed by atoms with Crippen molar-refractivity contribution in [1.29, 1.82) is 0 Å². The first-order valence-electron chi connectivity index (χ1n) is 15.1. The van der Waals surface area contributed by atoms with E-state index in [9.17, 15) is 19.5 Å². The van der Waals surface area contributed by atoms with Crippen molar-refractivity contribution in [2.75, 3.05) is 18.2 Å². The Kier molecular flexibility index (Phi) is 6.89. The second-order valence-corrected chi connectivity index (χ2v) is 13.8. The number of anilines is 1. The van der Waals surface area contributed by atoms with E-state index in [2.05, 4.69) is 4.98 Å². The van der Waals surface area contributed by atoms with Gasteiger partial charge in [0, 0.05) is 40.1 Å². The molecule has 1 aliphatic heterocycles. The van der Waals surface area contributed by atoms with Crippen LogP contribution in [0.5, 0.6) is 0 Å². The molecule has 1 aromatic carbocycles. The summed E-state index contributed by atoms with van der Waals surface area (Å²) in [6.07, 6.45) is 3.35. The van der Waals surface area contributed by atoms with Crippen LogP contribution in [0.15, 0.2) is 72.6 Å². The fourth-order valence-electron chi connectivity index (χ4n) is 9.32. The molecule has 5 aliphatic rings. The first kappa shape index (κ1) is 30.2. The number of benzene rings is 1. The van der Waals surface area contributed by atoms with Gasteiger partial charge in [-0.2, -0.15) is 0 Å². The number of halogens is 3. The van der Waals surface area contributed by atoms with Crippen molar-refractivity contribution in [3.8, 4) is 0 Å². The zero-order chi connectivity index (χ0) is 31.9. The minimum Gasteiger partial charge on any atom is -0.454 e. The molecule has 9 atom stereocenters. The van der Waals surface area contributed by atoms with Crippen molar-refractivity contribution < 1.29 is 37.8 Å². The summed E-state index contributed by atoms with van der Waals surface area (Å²) in [6, 6.07) is 9.86. The number of Topliss-reactive ketones (excluding diaryl/α,β-unsaturated/α-hetero) is 1. The molecule has 7 rings (SSSR count). The van der Waals surface area contributed by atoms with E-state index < -0.39 is 76.3 Å². The maximum absolute atomic E-state index is 17.7. The average molecular weight is 639 g/mol. The third-order valence-electron chi connectivity index (χ3n) is 11.4. The van der Waals surface area contributed by atoms with Gasteiger partial charge >= 0.3 is 5.97 Å². The number of alkyl halides is 2. The summed E-state index contributed by atoms with van der Waals surface area (Å²) in [5.74, 6) is -3.68. The van der Waals surface area contributed by atoms with E-state index in [0.717, 1.165) is 6.08 Å². The Morgan fingerprint density at radius 2 is 1.84 bits per heavy atom. The second kappa shape index (κ2) is 10.3. The molecule has 0 amide bonds. The number of ketones is 2. The minimum absolute atomic E-state index is 0.0357. The number of hydroxylamine groups is 1. The zero-order valence-electron chi connectivity index (χ0n) is 24.8. The molecule has 45 heavy (non-hydrogen) atoms. The molecule has 4 fully saturated rings. The Hall–Kier alpha value is -3.47. The van der Waals surface area contributed by atoms with Crippen LogP contribution in [0.4, 0.5) is 14.5 Å². The number of pyridine rings is 1. The molecule has 1 aromatic heterocycles. The van der Waals surface area contributed by atoms with Gasteiger partial charge < -0.3 is 9.84 Å². The van der Waals surface area contributed by atoms with Crippen LogP contribution in [0.1, 0.15) is 43.5 Å². The number of fused-ring (bicyclic) bond motifs is 7. The molecular formula is C34H33ClF2N2O6. The Balaban J connectivity index is 1.28. The Morgan fingerprint density at radius 1 is 1.13 bits per heavy atom. The predicted molar refractivity (Wildman–Crippen MR) is 160 cm³/mol. The highest BCUT2D eigenvalue weighted by molar-refractivity contribution is 6.30. The number of ether oxygens (including phenoxy) is 1. The summed E-state index contributed by atoms with van der Waals surface area (Å²) >= 11 is 6.11. The minimum atomic E-state index is -2.30. The van der Waals surface area contributed by atoms with Crippen molar-refractivity contribution in [3.05, 3.63) is 83.2 Å². The number of aliphatic hydroxyl groups excluding tert-OH is 1. The molecule has 0 radical (unpaired) electrons. The van der Waals surface area contributed by atoms with Crippen molar-refractivity contribution in [1.82, 2.24) is 4.98 Å². The van der Waals surface area contributed by atoms with E-state index in [4.69, 9.17) is 21.2 Å². The number of aromatic nitrogens is 1. The van der Waals surface area contributed by atoms with Crippen molar-refractivity contribution in [2.24, 2.45) is 28.6 Å². The molecule has 8 nitrogen and oxygen atoms in total. The molecule has 0 bridgehead atoms. The number of esters is 1. The molecule has 1 saturated heterocycles. The van der Waals surface area contributed by atoms with E-state index in [1.165, 1.54) is 36.7 Å². The number of carbonyl (C=O) groups excluding carboxylic acids is 3. The van der Waals surface area contributed by atoms with Crippen LogP contribution >= 0.6 is 11.6 Å². The maximum atomic E-state index is 17.7. The third kappa shape index (κ3) is 4.07. The summed E-state index contributed by atoms with van der Waals surface area (Å²) in [4.78, 5) is 50.0. The largest absolute Gasteiger partial charge is 0.454 e. The molecule has 2 aromatic rings. The highest BCUT2D eigenvalue weighted by atomic mass is 35.5. The lowest BCUT2D eigenvalue weighted by Crippen LogP contribution is -2.70. The second-order valence-electron chi connectivity index (χ2n) is 13.4. The topological polar surface area (TPSA) is 106 Å². The lowest BCUT2D eigenvalue weighted by molar-refractivity contribution is -0.228. The van der Waals surface area contributed by atoms with Crippen LogP contribution in [0, 0.1) is 28.6 Å². The highest BCUT2D eigenvalue weighted by Crippen LogP contribution is 2.72. The lowest BCUT2D eigenvalue weighted by atomic mass is 9.44. The summed E-state index contributed by atoms with van der Waals surface area (Å²) < 4.78 is 39.1. The number of aliphatic hydroxyl groups is 1. The molecule has 3 saturated carbocycles. The van der Waals surface area contributed by atoms with Gasteiger partial charge in [0.15, 0.2) is 23.7 Å². The molecule has 4 aliphatic carbocycles. The van der Waals surface area contributed by atoms with E-state index in [1.807, 2.05) is 0 Å². The van der Waals surface area contributed by atoms with E-state index in [0.29, 0.717) is 17.1 Å². The number of nitrogens with zero attached hydrogens (tertiary/aromatic N) is 2. The molecule has 11 heteroatoms. The predicted octanol–water partition coefficient (Wildman–Crippen LogP) is 5.20. The van der Waals surface area contributed by atoms with Gasteiger partial charge in [0.25, 0.3) is 0 Å². The Morgan fingerprint density at radius 3 is 2.56 bits per heavy atom. The van der Waals surface area contributed by atoms with Crippen LogP contribution in [0.25, 0.3) is 0 Å². The van der Waals surface area contributed by atoms with Crippen LogP contribution < -0.4 is 5.06 Å². The van der Waals surface area contributed by atoms with E-state index >= 15 is 8.78 Å². The van der Waals surface area contributed by atoms with Gasteiger partial charge in [0.2, 0.25) is 5.78 Å². The monoisotopic (exact) mass is 638 g/mol. The first-order valence-corrected chi connectivity index (χ1v) is 15.5. The zero-order valence-corrected chi connectivity index (χ0v) is 25.5. The molecule has 0 spiro atoms. The fraction of sp³-hybridized carbons (Fsp3) is 0.471. The molecule has 2 heterocycles. The normalized spacial score (nSPS) is 39.8. The van der Waals surface area contributed by atoms with Gasteiger partial charge in [-0.3, -0.25) is 24.5 Å². The summed E-state index contributed by atoms with van der Waals surface area (Å²) in [5.41, 5.74) is -5.71. The van der Waals surface area contributed by atoms with E-state index in [1.54, 1.807) is 43.2 Å². The summed E-state index contributed by atoms with van der Waals surface area (Å²) in [6.45, 7) is 2.99. The Labute approximate surface area is 264 Å². The van der Waals surface area contributed by atoms with E-state index in [-0.39, 0.29) is 30.5 Å². The Bertz CT molecular complexity index is 1640. The third-order valence-corrected chi connectivity index (χ3v) is 11.7. The van der Waals surface area contributed by atoms with Gasteiger partial charge in [-0.05, 0) is 86.2 Å². The molecule has 1 N–H and O–H groups in total. The number of hydrogen-bond donors (Lipinski definition) is 1. The van der Waals surface area contributed by atoms with Crippen LogP contribution in [-0.4, -0.2) is 64.3 Å². The van der Waals surface area contributed by atoms with Gasteiger partial charge in [0.1, 0.15) is 6.17 Å². The first-order chi connectivity index (χ1) is 21.3.